The number of hydrogen-bond donors (Lipinski definition) is 2. The molecular weight excluding hydrogens is 432 g/mol. The van der Waals surface area contributed by atoms with Crippen molar-refractivity contribution >= 4 is 29.1 Å². The topological polar surface area (TPSA) is 80.2 Å². The molecule has 1 atom stereocenters. The van der Waals surface area contributed by atoms with Crippen molar-refractivity contribution in [2.75, 3.05) is 5.32 Å². The molecule has 31 heavy (non-hydrogen) atoms. The summed E-state index contributed by atoms with van der Waals surface area (Å²) in [5.74, 6) is 1.13. The Hall–Kier alpha value is -3.29. The minimum Gasteiger partial charge on any atom is -0.506 e. The second-order valence-corrected chi connectivity index (χ2v) is 8.27. The molecule has 5 rings (SSSR count). The number of benzene rings is 3. The van der Waals surface area contributed by atoms with Gasteiger partial charge in [0, 0.05) is 22.6 Å². The molecule has 2 N–H and O–H groups in total. The normalized spacial score (nSPS) is 14.5. The lowest BCUT2D eigenvalue weighted by atomic mass is 10.1. The van der Waals surface area contributed by atoms with Crippen LogP contribution in [0.15, 0.2) is 78.0 Å². The Morgan fingerprint density at radius 2 is 1.81 bits per heavy atom. The Kier molecular flexibility index (Phi) is 5.36. The number of aromatic hydroxyl groups is 1. The molecule has 0 unspecified atom stereocenters. The Labute approximate surface area is 188 Å². The van der Waals surface area contributed by atoms with Crippen LogP contribution >= 0.6 is 23.4 Å². The van der Waals surface area contributed by atoms with Crippen molar-refractivity contribution in [1.82, 2.24) is 15.2 Å². The Bertz CT molecular complexity index is 1240. The van der Waals surface area contributed by atoms with Gasteiger partial charge in [0.25, 0.3) is 0 Å². The third-order valence-corrected chi connectivity index (χ3v) is 6.03. The van der Waals surface area contributed by atoms with Gasteiger partial charge in [0.1, 0.15) is 5.75 Å². The van der Waals surface area contributed by atoms with Crippen molar-refractivity contribution in [2.45, 2.75) is 17.1 Å². The SMILES string of the molecule is Oc1ccc([C@@H]2Nc3ccccc3-c3nnc(SCc4ccccc4)nc3O2)cc1Cl. The lowest BCUT2D eigenvalue weighted by Crippen LogP contribution is -2.17. The fourth-order valence-electron chi connectivity index (χ4n) is 3.27. The highest BCUT2D eigenvalue weighted by atomic mass is 35.5. The van der Waals surface area contributed by atoms with E-state index in [1.807, 2.05) is 42.5 Å². The van der Waals surface area contributed by atoms with Crippen LogP contribution in [0.25, 0.3) is 11.3 Å². The highest BCUT2D eigenvalue weighted by molar-refractivity contribution is 7.98. The van der Waals surface area contributed by atoms with Crippen LogP contribution in [0.1, 0.15) is 17.4 Å². The van der Waals surface area contributed by atoms with Gasteiger partial charge >= 0.3 is 0 Å². The molecule has 0 fully saturated rings. The number of halogens is 1. The van der Waals surface area contributed by atoms with Gasteiger partial charge in [-0.3, -0.25) is 0 Å². The molecule has 0 saturated carbocycles. The third kappa shape index (κ3) is 4.15. The number of thioether (sulfide) groups is 1. The molecule has 1 aromatic heterocycles. The third-order valence-electron chi connectivity index (χ3n) is 4.82. The molecule has 2 heterocycles. The summed E-state index contributed by atoms with van der Waals surface area (Å²) in [6, 6.07) is 22.8. The van der Waals surface area contributed by atoms with E-state index in [1.165, 1.54) is 17.3 Å². The van der Waals surface area contributed by atoms with Crippen LogP contribution < -0.4 is 10.1 Å². The van der Waals surface area contributed by atoms with E-state index in [1.54, 1.807) is 18.2 Å². The molecule has 0 spiro atoms. The first-order valence-electron chi connectivity index (χ1n) is 9.60. The van der Waals surface area contributed by atoms with Gasteiger partial charge in [-0.2, -0.15) is 4.98 Å². The van der Waals surface area contributed by atoms with Crippen LogP contribution in [0.3, 0.4) is 0 Å². The van der Waals surface area contributed by atoms with Crippen LogP contribution in [0.4, 0.5) is 5.69 Å². The number of phenolic OH excluding ortho intramolecular Hbond substituents is 1. The van der Waals surface area contributed by atoms with Crippen molar-refractivity contribution in [3.05, 3.63) is 88.9 Å². The molecule has 8 heteroatoms. The van der Waals surface area contributed by atoms with Gasteiger partial charge in [0.05, 0.1) is 5.02 Å². The van der Waals surface area contributed by atoms with E-state index >= 15 is 0 Å². The number of nitrogens with zero attached hydrogens (tertiary/aromatic N) is 3. The first kappa shape index (κ1) is 19.7. The van der Waals surface area contributed by atoms with Crippen LogP contribution in [-0.2, 0) is 5.75 Å². The number of fused-ring (bicyclic) bond motifs is 3. The van der Waals surface area contributed by atoms with Gasteiger partial charge < -0.3 is 15.2 Å². The maximum atomic E-state index is 9.78. The smallest absolute Gasteiger partial charge is 0.247 e. The molecule has 154 valence electrons. The van der Waals surface area contributed by atoms with Crippen LogP contribution in [0.2, 0.25) is 5.02 Å². The molecule has 0 aliphatic carbocycles. The zero-order valence-electron chi connectivity index (χ0n) is 16.2. The predicted molar refractivity (Wildman–Crippen MR) is 121 cm³/mol. The monoisotopic (exact) mass is 448 g/mol. The minimum absolute atomic E-state index is 0.0171. The van der Waals surface area contributed by atoms with Crippen molar-refractivity contribution in [3.8, 4) is 22.9 Å². The summed E-state index contributed by atoms with van der Waals surface area (Å²) in [4.78, 5) is 4.65. The molecule has 0 saturated heterocycles. The second kappa shape index (κ2) is 8.45. The average Bonchev–Trinajstić information content (AvgIpc) is 2.96. The number of rotatable bonds is 4. The summed E-state index contributed by atoms with van der Waals surface area (Å²) in [6.45, 7) is 0. The maximum absolute atomic E-state index is 9.78. The summed E-state index contributed by atoms with van der Waals surface area (Å²) in [5, 5.41) is 22.7. The van der Waals surface area contributed by atoms with E-state index in [-0.39, 0.29) is 10.8 Å². The minimum atomic E-state index is -0.566. The molecule has 4 aromatic rings. The van der Waals surface area contributed by atoms with Gasteiger partial charge in [-0.25, -0.2) is 0 Å². The van der Waals surface area contributed by atoms with Crippen molar-refractivity contribution < 1.29 is 9.84 Å². The number of nitrogens with one attached hydrogen (secondary N) is 1. The summed E-state index contributed by atoms with van der Waals surface area (Å²) in [5.41, 5.74) is 4.19. The first-order chi connectivity index (χ1) is 15.2. The van der Waals surface area contributed by atoms with Gasteiger partial charge in [0.15, 0.2) is 11.9 Å². The number of aromatic nitrogens is 3. The lowest BCUT2D eigenvalue weighted by molar-refractivity contribution is 0.225. The van der Waals surface area contributed by atoms with E-state index < -0.39 is 6.23 Å². The Balaban J connectivity index is 1.51. The number of phenols is 1. The fraction of sp³-hybridized carbons (Fsp3) is 0.0870. The molecule has 0 radical (unpaired) electrons. The van der Waals surface area contributed by atoms with Crippen LogP contribution in [0, 0.1) is 0 Å². The number of hydrogen-bond acceptors (Lipinski definition) is 7. The molecule has 6 nitrogen and oxygen atoms in total. The summed E-state index contributed by atoms with van der Waals surface area (Å²) in [6.07, 6.45) is -0.566. The van der Waals surface area contributed by atoms with Gasteiger partial charge in [-0.15, -0.1) is 10.2 Å². The number of para-hydroxylation sites is 1. The zero-order valence-corrected chi connectivity index (χ0v) is 17.8. The standard InChI is InChI=1S/C23H17ClN4O2S/c24-17-12-15(10-11-19(17)29)21-25-18-9-5-4-8-16(18)20-22(30-21)26-23(28-27-20)31-13-14-6-2-1-3-7-14/h1-12,21,25,29H,13H2/t21-/m1/s1. The highest BCUT2D eigenvalue weighted by Gasteiger charge is 2.26. The van der Waals surface area contributed by atoms with E-state index in [9.17, 15) is 5.11 Å². The quantitative estimate of drug-likeness (QED) is 0.388. The van der Waals surface area contributed by atoms with Gasteiger partial charge in [0.2, 0.25) is 11.0 Å². The van der Waals surface area contributed by atoms with E-state index in [2.05, 4.69) is 32.6 Å². The molecule has 0 amide bonds. The fourth-order valence-corrected chi connectivity index (χ4v) is 4.19. The molecule has 0 bridgehead atoms. The highest BCUT2D eigenvalue weighted by Crippen LogP contribution is 2.40. The summed E-state index contributed by atoms with van der Waals surface area (Å²) < 4.78 is 6.23. The largest absolute Gasteiger partial charge is 0.506 e. The van der Waals surface area contributed by atoms with E-state index in [0.29, 0.717) is 16.7 Å². The number of anilines is 1. The average molecular weight is 449 g/mol. The zero-order chi connectivity index (χ0) is 21.2. The van der Waals surface area contributed by atoms with Crippen molar-refractivity contribution in [3.63, 3.8) is 0 Å². The van der Waals surface area contributed by atoms with E-state index in [4.69, 9.17) is 16.3 Å². The molecule has 1 aliphatic rings. The van der Waals surface area contributed by atoms with Crippen LogP contribution in [0.5, 0.6) is 11.6 Å². The Morgan fingerprint density at radius 3 is 2.65 bits per heavy atom. The van der Waals surface area contributed by atoms with Gasteiger partial charge in [-0.05, 0) is 29.8 Å². The Morgan fingerprint density at radius 1 is 1.00 bits per heavy atom. The number of ether oxygens (including phenoxy) is 1. The summed E-state index contributed by atoms with van der Waals surface area (Å²) in [7, 11) is 0. The summed E-state index contributed by atoms with van der Waals surface area (Å²) >= 11 is 7.62. The van der Waals surface area contributed by atoms with E-state index in [0.717, 1.165) is 22.6 Å². The lowest BCUT2D eigenvalue weighted by Gasteiger charge is -2.19. The molecular formula is C23H17ClN4O2S. The predicted octanol–water partition coefficient (Wildman–Crippen LogP) is 5.69. The maximum Gasteiger partial charge on any atom is 0.247 e. The first-order valence-corrected chi connectivity index (χ1v) is 11.0. The van der Waals surface area contributed by atoms with Crippen LogP contribution in [-0.4, -0.2) is 20.3 Å². The second-order valence-electron chi connectivity index (χ2n) is 6.92. The molecule has 1 aliphatic heterocycles. The molecule has 3 aromatic carbocycles. The van der Waals surface area contributed by atoms with Gasteiger partial charge in [-0.1, -0.05) is 71.9 Å². The van der Waals surface area contributed by atoms with Crippen molar-refractivity contribution in [2.24, 2.45) is 0 Å². The van der Waals surface area contributed by atoms with Crippen molar-refractivity contribution in [1.29, 1.82) is 0 Å².